The molecule has 0 aliphatic carbocycles. The molecule has 0 aliphatic heterocycles. The lowest BCUT2D eigenvalue weighted by molar-refractivity contribution is 0.681. The van der Waals surface area contributed by atoms with Crippen LogP contribution in [0.1, 0.15) is 12.2 Å². The highest BCUT2D eigenvalue weighted by molar-refractivity contribution is 7.80. The van der Waals surface area contributed by atoms with Crippen molar-refractivity contribution in [3.8, 4) is 0 Å². The van der Waals surface area contributed by atoms with Crippen molar-refractivity contribution >= 4 is 23.7 Å². The highest BCUT2D eigenvalue weighted by Crippen LogP contribution is 2.15. The Morgan fingerprint density at radius 2 is 2.14 bits per heavy atom. The third-order valence-electron chi connectivity index (χ3n) is 2.39. The Bertz CT molecular complexity index is 434. The van der Waals surface area contributed by atoms with Crippen LogP contribution in [-0.4, -0.2) is 15.3 Å². The topological polar surface area (TPSA) is 17.8 Å². The Morgan fingerprint density at radius 3 is 2.93 bits per heavy atom. The fourth-order valence-corrected chi connectivity index (χ4v) is 1.85. The van der Waals surface area contributed by atoms with E-state index in [0.717, 1.165) is 30.1 Å². The normalized spacial score (nSPS) is 11.0. The van der Waals surface area contributed by atoms with Crippen molar-refractivity contribution in [2.75, 3.05) is 5.75 Å². The maximum atomic E-state index is 4.50. The molecule has 1 aromatic heterocycles. The minimum absolute atomic E-state index is 0.923. The van der Waals surface area contributed by atoms with Crippen LogP contribution in [0.5, 0.6) is 0 Å². The number of hydrogen-bond donors (Lipinski definition) is 1. The van der Waals surface area contributed by atoms with Gasteiger partial charge < -0.3 is 4.57 Å². The number of thiol groups is 1. The zero-order valence-electron chi connectivity index (χ0n) is 8.27. The van der Waals surface area contributed by atoms with Crippen molar-refractivity contribution in [3.05, 3.63) is 30.1 Å². The number of fused-ring (bicyclic) bond motifs is 1. The van der Waals surface area contributed by atoms with Crippen molar-refractivity contribution in [2.45, 2.75) is 19.9 Å². The quantitative estimate of drug-likeness (QED) is 0.764. The standard InChI is InChI=1S/C11H14N2S/c1-9-12-10-5-2-3-6-11(10)13(9)7-4-8-14/h2-3,5-6,14H,4,7-8H2,1H3. The van der Waals surface area contributed by atoms with Gasteiger partial charge >= 0.3 is 0 Å². The number of benzene rings is 1. The van der Waals surface area contributed by atoms with Gasteiger partial charge in [0, 0.05) is 6.54 Å². The molecule has 3 heteroatoms. The lowest BCUT2D eigenvalue weighted by Crippen LogP contribution is -2.00. The fourth-order valence-electron chi connectivity index (χ4n) is 1.71. The van der Waals surface area contributed by atoms with Crippen molar-refractivity contribution in [1.29, 1.82) is 0 Å². The Kier molecular flexibility index (Phi) is 2.77. The molecule has 74 valence electrons. The molecule has 14 heavy (non-hydrogen) atoms. The highest BCUT2D eigenvalue weighted by Gasteiger charge is 2.04. The van der Waals surface area contributed by atoms with E-state index in [0.29, 0.717) is 0 Å². The first-order valence-electron chi connectivity index (χ1n) is 4.85. The van der Waals surface area contributed by atoms with Crippen molar-refractivity contribution < 1.29 is 0 Å². The van der Waals surface area contributed by atoms with Crippen LogP contribution in [0.4, 0.5) is 0 Å². The first-order valence-corrected chi connectivity index (χ1v) is 5.49. The Balaban J connectivity index is 2.45. The molecular weight excluding hydrogens is 192 g/mol. The van der Waals surface area contributed by atoms with Crippen LogP contribution < -0.4 is 0 Å². The zero-order valence-corrected chi connectivity index (χ0v) is 9.17. The van der Waals surface area contributed by atoms with E-state index in [-0.39, 0.29) is 0 Å². The molecule has 0 amide bonds. The maximum Gasteiger partial charge on any atom is 0.106 e. The summed E-state index contributed by atoms with van der Waals surface area (Å²) in [6.45, 7) is 3.06. The number of para-hydroxylation sites is 2. The van der Waals surface area contributed by atoms with Crippen molar-refractivity contribution in [3.63, 3.8) is 0 Å². The molecule has 0 N–H and O–H groups in total. The molecule has 0 saturated carbocycles. The lowest BCUT2D eigenvalue weighted by Gasteiger charge is -2.04. The number of aryl methyl sites for hydroxylation is 2. The predicted octanol–water partition coefficient (Wildman–Crippen LogP) is 2.66. The van der Waals surface area contributed by atoms with Gasteiger partial charge in [-0.3, -0.25) is 0 Å². The van der Waals surface area contributed by atoms with Crippen LogP contribution in [0, 0.1) is 6.92 Å². The lowest BCUT2D eigenvalue weighted by atomic mass is 10.3. The van der Waals surface area contributed by atoms with E-state index in [2.05, 4.69) is 47.3 Å². The summed E-state index contributed by atoms with van der Waals surface area (Å²) in [7, 11) is 0. The molecule has 0 unspecified atom stereocenters. The molecule has 0 radical (unpaired) electrons. The van der Waals surface area contributed by atoms with Gasteiger partial charge in [0.2, 0.25) is 0 Å². The minimum atomic E-state index is 0.923. The van der Waals surface area contributed by atoms with Crippen molar-refractivity contribution in [2.24, 2.45) is 0 Å². The Hall–Kier alpha value is -0.960. The molecule has 1 aromatic carbocycles. The van der Waals surface area contributed by atoms with Crippen LogP contribution in [-0.2, 0) is 6.54 Å². The number of nitrogens with zero attached hydrogens (tertiary/aromatic N) is 2. The number of aromatic nitrogens is 2. The molecule has 1 heterocycles. The monoisotopic (exact) mass is 206 g/mol. The fraction of sp³-hybridized carbons (Fsp3) is 0.364. The van der Waals surface area contributed by atoms with E-state index in [4.69, 9.17) is 0 Å². The number of rotatable bonds is 3. The summed E-state index contributed by atoms with van der Waals surface area (Å²) in [4.78, 5) is 4.50. The van der Waals surface area contributed by atoms with E-state index >= 15 is 0 Å². The van der Waals surface area contributed by atoms with Crippen LogP contribution in [0.2, 0.25) is 0 Å². The summed E-state index contributed by atoms with van der Waals surface area (Å²) < 4.78 is 2.26. The van der Waals surface area contributed by atoms with E-state index in [1.54, 1.807) is 0 Å². The molecule has 2 nitrogen and oxygen atoms in total. The van der Waals surface area contributed by atoms with Gasteiger partial charge in [0.05, 0.1) is 11.0 Å². The average molecular weight is 206 g/mol. The number of hydrogen-bond acceptors (Lipinski definition) is 2. The van der Waals surface area contributed by atoms with Gasteiger partial charge in [-0.05, 0) is 31.2 Å². The Labute approximate surface area is 89.4 Å². The van der Waals surface area contributed by atoms with Crippen LogP contribution in [0.15, 0.2) is 24.3 Å². The largest absolute Gasteiger partial charge is 0.328 e. The van der Waals surface area contributed by atoms with Gasteiger partial charge in [-0.15, -0.1) is 0 Å². The van der Waals surface area contributed by atoms with Gasteiger partial charge in [-0.2, -0.15) is 12.6 Å². The van der Waals surface area contributed by atoms with Gasteiger partial charge in [-0.1, -0.05) is 12.1 Å². The minimum Gasteiger partial charge on any atom is -0.328 e. The van der Waals surface area contributed by atoms with Gasteiger partial charge in [0.25, 0.3) is 0 Å². The van der Waals surface area contributed by atoms with E-state index in [1.807, 2.05) is 6.07 Å². The summed E-state index contributed by atoms with van der Waals surface area (Å²) in [5.74, 6) is 2.01. The SMILES string of the molecule is Cc1nc2ccccc2n1CCCS. The number of imidazole rings is 1. The first kappa shape index (κ1) is 9.59. The molecule has 2 aromatic rings. The average Bonchev–Trinajstić information content (AvgIpc) is 2.51. The molecule has 0 saturated heterocycles. The molecule has 2 rings (SSSR count). The van der Waals surface area contributed by atoms with Crippen LogP contribution in [0.25, 0.3) is 11.0 Å². The summed E-state index contributed by atoms with van der Waals surface area (Å²) in [6.07, 6.45) is 1.09. The molecular formula is C11H14N2S. The van der Waals surface area contributed by atoms with Crippen LogP contribution >= 0.6 is 12.6 Å². The molecule has 0 aliphatic rings. The maximum absolute atomic E-state index is 4.50. The second kappa shape index (κ2) is 4.05. The third kappa shape index (κ3) is 1.64. The molecule has 0 spiro atoms. The molecule has 0 fully saturated rings. The van der Waals surface area contributed by atoms with Crippen LogP contribution in [0.3, 0.4) is 0 Å². The predicted molar refractivity (Wildman–Crippen MR) is 62.9 cm³/mol. The first-order chi connectivity index (χ1) is 6.83. The highest BCUT2D eigenvalue weighted by atomic mass is 32.1. The Morgan fingerprint density at radius 1 is 1.36 bits per heavy atom. The smallest absolute Gasteiger partial charge is 0.106 e. The second-order valence-corrected chi connectivity index (χ2v) is 3.82. The van der Waals surface area contributed by atoms with Gasteiger partial charge in [-0.25, -0.2) is 4.98 Å². The molecule has 0 atom stereocenters. The van der Waals surface area contributed by atoms with Crippen molar-refractivity contribution in [1.82, 2.24) is 9.55 Å². The zero-order chi connectivity index (χ0) is 9.97. The molecule has 0 bridgehead atoms. The van der Waals surface area contributed by atoms with E-state index in [9.17, 15) is 0 Å². The summed E-state index contributed by atoms with van der Waals surface area (Å²) in [6, 6.07) is 8.26. The van der Waals surface area contributed by atoms with E-state index < -0.39 is 0 Å². The summed E-state index contributed by atoms with van der Waals surface area (Å²) in [5.41, 5.74) is 2.32. The second-order valence-electron chi connectivity index (χ2n) is 3.38. The summed E-state index contributed by atoms with van der Waals surface area (Å²) >= 11 is 4.23. The van der Waals surface area contributed by atoms with Gasteiger partial charge in [0.15, 0.2) is 0 Å². The third-order valence-corrected chi connectivity index (χ3v) is 2.70. The van der Waals surface area contributed by atoms with Gasteiger partial charge in [0.1, 0.15) is 5.82 Å². The van der Waals surface area contributed by atoms with E-state index in [1.165, 1.54) is 5.52 Å². The summed E-state index contributed by atoms with van der Waals surface area (Å²) in [5, 5.41) is 0.